The Bertz CT molecular complexity index is 427. The second-order valence-corrected chi connectivity index (χ2v) is 4.48. The maximum atomic E-state index is 11.0. The van der Waals surface area contributed by atoms with Crippen LogP contribution in [0.5, 0.6) is 5.88 Å². The molecule has 2 rings (SSSR count). The normalized spacial score (nSPS) is 16.5. The van der Waals surface area contributed by atoms with Crippen LogP contribution in [0.2, 0.25) is 0 Å². The molecular weight excluding hydrogens is 234 g/mol. The number of nitrogens with zero attached hydrogens (tertiary/aromatic N) is 1. The van der Waals surface area contributed by atoms with Gasteiger partial charge >= 0.3 is 5.97 Å². The molecule has 0 amide bonds. The molecule has 0 atom stereocenters. The van der Waals surface area contributed by atoms with Crippen molar-refractivity contribution in [2.24, 2.45) is 5.92 Å². The van der Waals surface area contributed by atoms with Crippen LogP contribution in [-0.2, 0) is 4.74 Å². The van der Waals surface area contributed by atoms with Crippen LogP contribution in [0, 0.1) is 12.8 Å². The quantitative estimate of drug-likeness (QED) is 0.885. The largest absolute Gasteiger partial charge is 0.477 e. The van der Waals surface area contributed by atoms with Gasteiger partial charge in [0.25, 0.3) is 0 Å². The summed E-state index contributed by atoms with van der Waals surface area (Å²) in [6, 6.07) is 3.20. The van der Waals surface area contributed by atoms with E-state index in [2.05, 4.69) is 4.98 Å². The molecule has 1 aliphatic rings. The molecule has 1 fully saturated rings. The molecule has 1 aliphatic heterocycles. The lowest BCUT2D eigenvalue weighted by Crippen LogP contribution is -2.22. The third-order valence-electron chi connectivity index (χ3n) is 3.03. The molecule has 98 valence electrons. The Morgan fingerprint density at radius 1 is 1.50 bits per heavy atom. The fraction of sp³-hybridized carbons (Fsp3) is 0.538. The first-order valence-electron chi connectivity index (χ1n) is 6.08. The molecule has 1 aromatic heterocycles. The van der Waals surface area contributed by atoms with E-state index in [0.29, 0.717) is 12.5 Å². The highest BCUT2D eigenvalue weighted by Gasteiger charge is 2.17. The predicted molar refractivity (Wildman–Crippen MR) is 65.0 cm³/mol. The monoisotopic (exact) mass is 251 g/mol. The highest BCUT2D eigenvalue weighted by atomic mass is 16.5. The van der Waals surface area contributed by atoms with Crippen molar-refractivity contribution in [3.63, 3.8) is 0 Å². The van der Waals surface area contributed by atoms with Gasteiger partial charge < -0.3 is 14.6 Å². The first kappa shape index (κ1) is 12.8. The summed E-state index contributed by atoms with van der Waals surface area (Å²) in [5, 5.41) is 9.05. The SMILES string of the molecule is Cc1ccc(C(=O)O)c(OCC2CCOCC2)n1. The van der Waals surface area contributed by atoms with Crippen LogP contribution >= 0.6 is 0 Å². The minimum Gasteiger partial charge on any atom is -0.477 e. The van der Waals surface area contributed by atoms with Crippen LogP contribution in [0.15, 0.2) is 12.1 Å². The third kappa shape index (κ3) is 3.20. The summed E-state index contributed by atoms with van der Waals surface area (Å²) in [5.74, 6) is -0.374. The van der Waals surface area contributed by atoms with Crippen molar-refractivity contribution in [1.29, 1.82) is 0 Å². The second kappa shape index (κ2) is 5.82. The summed E-state index contributed by atoms with van der Waals surface area (Å²) < 4.78 is 10.8. The zero-order chi connectivity index (χ0) is 13.0. The number of ether oxygens (including phenoxy) is 2. The van der Waals surface area contributed by atoms with E-state index >= 15 is 0 Å². The third-order valence-corrected chi connectivity index (χ3v) is 3.03. The molecule has 1 aromatic rings. The Hall–Kier alpha value is -1.62. The van der Waals surface area contributed by atoms with Crippen molar-refractivity contribution in [3.8, 4) is 5.88 Å². The van der Waals surface area contributed by atoms with Gasteiger partial charge in [0.15, 0.2) is 0 Å². The van der Waals surface area contributed by atoms with Crippen molar-refractivity contribution >= 4 is 5.97 Å². The topological polar surface area (TPSA) is 68.7 Å². The average molecular weight is 251 g/mol. The zero-order valence-corrected chi connectivity index (χ0v) is 10.4. The lowest BCUT2D eigenvalue weighted by Gasteiger charge is -2.22. The van der Waals surface area contributed by atoms with Crippen molar-refractivity contribution in [3.05, 3.63) is 23.4 Å². The number of carboxylic acid groups (broad SMARTS) is 1. The van der Waals surface area contributed by atoms with E-state index in [0.717, 1.165) is 31.7 Å². The molecule has 1 N–H and O–H groups in total. The molecule has 18 heavy (non-hydrogen) atoms. The van der Waals surface area contributed by atoms with Gasteiger partial charge in [-0.15, -0.1) is 0 Å². The van der Waals surface area contributed by atoms with Crippen molar-refractivity contribution < 1.29 is 19.4 Å². The Balaban J connectivity index is 2.03. The fourth-order valence-corrected chi connectivity index (χ4v) is 1.92. The summed E-state index contributed by atoms with van der Waals surface area (Å²) in [6.07, 6.45) is 1.91. The number of aromatic carboxylic acids is 1. The molecule has 2 heterocycles. The second-order valence-electron chi connectivity index (χ2n) is 4.48. The van der Waals surface area contributed by atoms with Gasteiger partial charge in [-0.2, -0.15) is 0 Å². The first-order valence-corrected chi connectivity index (χ1v) is 6.08. The minimum atomic E-state index is -1.01. The minimum absolute atomic E-state index is 0.118. The van der Waals surface area contributed by atoms with Crippen LogP contribution in [0.25, 0.3) is 0 Å². The number of pyridine rings is 1. The Morgan fingerprint density at radius 3 is 2.89 bits per heavy atom. The van der Waals surface area contributed by atoms with E-state index in [-0.39, 0.29) is 11.4 Å². The number of hydrogen-bond donors (Lipinski definition) is 1. The summed E-state index contributed by atoms with van der Waals surface area (Å²) in [5.41, 5.74) is 0.870. The Kier molecular flexibility index (Phi) is 4.15. The summed E-state index contributed by atoms with van der Waals surface area (Å²) in [4.78, 5) is 15.2. The van der Waals surface area contributed by atoms with Gasteiger partial charge in [-0.3, -0.25) is 0 Å². The van der Waals surface area contributed by atoms with E-state index in [9.17, 15) is 4.79 Å². The number of hydrogen-bond acceptors (Lipinski definition) is 4. The lowest BCUT2D eigenvalue weighted by atomic mass is 10.0. The van der Waals surface area contributed by atoms with E-state index in [4.69, 9.17) is 14.6 Å². The van der Waals surface area contributed by atoms with Crippen molar-refractivity contribution in [2.45, 2.75) is 19.8 Å². The molecule has 5 nitrogen and oxygen atoms in total. The predicted octanol–water partition coefficient (Wildman–Crippen LogP) is 1.89. The molecule has 0 unspecified atom stereocenters. The number of aromatic nitrogens is 1. The van der Waals surface area contributed by atoms with Crippen LogP contribution in [0.3, 0.4) is 0 Å². The summed E-state index contributed by atoms with van der Waals surface area (Å²) >= 11 is 0. The number of carboxylic acids is 1. The molecule has 5 heteroatoms. The average Bonchev–Trinajstić information content (AvgIpc) is 2.37. The Morgan fingerprint density at radius 2 is 2.22 bits per heavy atom. The Labute approximate surface area is 106 Å². The van der Waals surface area contributed by atoms with E-state index < -0.39 is 5.97 Å². The van der Waals surface area contributed by atoms with Gasteiger partial charge in [0.05, 0.1) is 6.61 Å². The molecule has 0 spiro atoms. The van der Waals surface area contributed by atoms with Crippen LogP contribution in [0.1, 0.15) is 28.9 Å². The van der Waals surface area contributed by atoms with Gasteiger partial charge in [0.1, 0.15) is 5.56 Å². The summed E-state index contributed by atoms with van der Waals surface area (Å²) in [6.45, 7) is 3.81. The first-order chi connectivity index (χ1) is 8.66. The van der Waals surface area contributed by atoms with Gasteiger partial charge in [-0.25, -0.2) is 9.78 Å². The molecule has 0 radical (unpaired) electrons. The van der Waals surface area contributed by atoms with E-state index in [1.54, 1.807) is 6.07 Å². The molecule has 0 saturated carbocycles. The number of aryl methyl sites for hydroxylation is 1. The van der Waals surface area contributed by atoms with Gasteiger partial charge in [-0.1, -0.05) is 0 Å². The van der Waals surface area contributed by atoms with Gasteiger partial charge in [0, 0.05) is 18.9 Å². The molecule has 1 saturated heterocycles. The standard InChI is InChI=1S/C13H17NO4/c1-9-2-3-11(13(15)16)12(14-9)18-8-10-4-6-17-7-5-10/h2-3,10H,4-8H2,1H3,(H,15,16). The number of rotatable bonds is 4. The molecule has 0 aromatic carbocycles. The molecular formula is C13H17NO4. The van der Waals surface area contributed by atoms with Gasteiger partial charge in [-0.05, 0) is 37.8 Å². The lowest BCUT2D eigenvalue weighted by molar-refractivity contribution is 0.0482. The van der Waals surface area contributed by atoms with Gasteiger partial charge in [0.2, 0.25) is 5.88 Å². The summed E-state index contributed by atoms with van der Waals surface area (Å²) in [7, 11) is 0. The van der Waals surface area contributed by atoms with Crippen LogP contribution in [-0.4, -0.2) is 35.9 Å². The maximum Gasteiger partial charge on any atom is 0.341 e. The van der Waals surface area contributed by atoms with Crippen molar-refractivity contribution in [1.82, 2.24) is 4.98 Å². The van der Waals surface area contributed by atoms with Crippen LogP contribution < -0.4 is 4.74 Å². The maximum absolute atomic E-state index is 11.0. The van der Waals surface area contributed by atoms with E-state index in [1.807, 2.05) is 6.92 Å². The fourth-order valence-electron chi connectivity index (χ4n) is 1.92. The smallest absolute Gasteiger partial charge is 0.341 e. The highest BCUT2D eigenvalue weighted by Crippen LogP contribution is 2.20. The molecule has 0 aliphatic carbocycles. The number of carbonyl (C=O) groups is 1. The van der Waals surface area contributed by atoms with E-state index in [1.165, 1.54) is 6.07 Å². The van der Waals surface area contributed by atoms with Crippen LogP contribution in [0.4, 0.5) is 0 Å². The highest BCUT2D eigenvalue weighted by molar-refractivity contribution is 5.90. The van der Waals surface area contributed by atoms with Crippen molar-refractivity contribution in [2.75, 3.05) is 19.8 Å². The zero-order valence-electron chi connectivity index (χ0n) is 10.4. The molecule has 0 bridgehead atoms.